The van der Waals surface area contributed by atoms with Gasteiger partial charge in [-0.15, -0.1) is 0 Å². The first-order chi connectivity index (χ1) is 18.7. The highest BCUT2D eigenvalue weighted by molar-refractivity contribution is 5.66. The molecule has 0 amide bonds. The van der Waals surface area contributed by atoms with Gasteiger partial charge < -0.3 is 28.4 Å². The maximum atomic E-state index is 12.2. The molecule has 0 spiro atoms. The topological polar surface area (TPSA) is 121 Å². The molecule has 204 valence electrons. The fraction of sp³-hybridized carbons (Fsp3) is 0.536. The van der Waals surface area contributed by atoms with E-state index in [0.717, 1.165) is 36.8 Å². The summed E-state index contributed by atoms with van der Waals surface area (Å²) in [5, 5.41) is 3.56. The van der Waals surface area contributed by atoms with Crippen molar-refractivity contribution in [3.63, 3.8) is 0 Å². The lowest BCUT2D eigenvalue weighted by Gasteiger charge is -2.48. The molecule has 2 saturated heterocycles. The van der Waals surface area contributed by atoms with Crippen molar-refractivity contribution in [3.05, 3.63) is 82.2 Å². The summed E-state index contributed by atoms with van der Waals surface area (Å²) in [6.45, 7) is 2.86. The van der Waals surface area contributed by atoms with Crippen LogP contribution in [0.15, 0.2) is 65.8 Å². The molecule has 10 nitrogen and oxygen atoms in total. The third-order valence-corrected chi connectivity index (χ3v) is 6.44. The largest absolute Gasteiger partial charge is 0.457 e. The van der Waals surface area contributed by atoms with Gasteiger partial charge in [-0.1, -0.05) is 78.6 Å². The van der Waals surface area contributed by atoms with Crippen LogP contribution < -0.4 is 0 Å². The number of ether oxygens (including phenoxy) is 6. The predicted molar refractivity (Wildman–Crippen MR) is 138 cm³/mol. The molecule has 2 aliphatic rings. The highest BCUT2D eigenvalue weighted by atomic mass is 16.8. The van der Waals surface area contributed by atoms with Crippen molar-refractivity contribution >= 4 is 5.97 Å². The molecular weight excluding hydrogens is 490 g/mol. The van der Waals surface area contributed by atoms with E-state index in [1.165, 1.54) is 6.92 Å². The lowest BCUT2D eigenvalue weighted by atomic mass is 9.97. The molecule has 0 saturated carbocycles. The molecule has 2 aromatic carbocycles. The fourth-order valence-electron chi connectivity index (χ4n) is 4.61. The van der Waals surface area contributed by atoms with Gasteiger partial charge in [-0.3, -0.25) is 4.79 Å². The summed E-state index contributed by atoms with van der Waals surface area (Å²) in [7, 11) is 0. The Morgan fingerprint density at radius 3 is 2.45 bits per heavy atom. The second kappa shape index (κ2) is 14.8. The fourth-order valence-corrected chi connectivity index (χ4v) is 4.61. The van der Waals surface area contributed by atoms with Crippen molar-refractivity contribution in [1.82, 2.24) is 0 Å². The van der Waals surface area contributed by atoms with Crippen LogP contribution in [-0.4, -0.2) is 56.4 Å². The molecule has 38 heavy (non-hydrogen) atoms. The Morgan fingerprint density at radius 2 is 1.71 bits per heavy atom. The van der Waals surface area contributed by atoms with Gasteiger partial charge in [-0.25, -0.2) is 0 Å². The summed E-state index contributed by atoms with van der Waals surface area (Å²) < 4.78 is 36.9. The van der Waals surface area contributed by atoms with Gasteiger partial charge in [-0.05, 0) is 23.9 Å². The van der Waals surface area contributed by atoms with Crippen LogP contribution in [0.5, 0.6) is 0 Å². The van der Waals surface area contributed by atoms with Gasteiger partial charge in [0.15, 0.2) is 18.7 Å². The van der Waals surface area contributed by atoms with Crippen molar-refractivity contribution in [2.24, 2.45) is 5.11 Å². The van der Waals surface area contributed by atoms with Crippen LogP contribution in [0, 0.1) is 0 Å². The van der Waals surface area contributed by atoms with E-state index in [2.05, 4.69) is 10.0 Å². The minimum absolute atomic E-state index is 0.257. The van der Waals surface area contributed by atoms with Gasteiger partial charge in [0.1, 0.15) is 18.3 Å². The lowest BCUT2D eigenvalue weighted by Crippen LogP contribution is -2.64. The van der Waals surface area contributed by atoms with Crippen LogP contribution in [0.4, 0.5) is 0 Å². The number of hydrogen-bond acceptors (Lipinski definition) is 8. The molecule has 0 bridgehead atoms. The molecule has 6 atom stereocenters. The SMILES string of the molecule is CC(=O)O[C@@H]1[C@H](OCc2ccccc2)[C@@H](OCCCCCCN=[N+]=[N-])O[C@@H]2CO[C@@H](c3ccccc3)O[C@@H]12. The van der Waals surface area contributed by atoms with E-state index in [1.54, 1.807) is 0 Å². The minimum Gasteiger partial charge on any atom is -0.457 e. The van der Waals surface area contributed by atoms with E-state index in [-0.39, 0.29) is 6.61 Å². The molecule has 2 fully saturated rings. The van der Waals surface area contributed by atoms with Gasteiger partial charge in [0, 0.05) is 30.6 Å². The average molecular weight is 526 g/mol. The summed E-state index contributed by atoms with van der Waals surface area (Å²) in [5.74, 6) is -0.436. The van der Waals surface area contributed by atoms with Gasteiger partial charge in [0.2, 0.25) is 0 Å². The molecule has 2 aromatic rings. The Hall–Kier alpha value is -2.98. The van der Waals surface area contributed by atoms with Crippen LogP contribution in [0.3, 0.4) is 0 Å². The number of benzene rings is 2. The number of hydrogen-bond donors (Lipinski definition) is 0. The van der Waals surface area contributed by atoms with Crippen LogP contribution in [0.25, 0.3) is 10.4 Å². The normalized spacial score (nSPS) is 26.7. The first-order valence-electron chi connectivity index (χ1n) is 13.1. The van der Waals surface area contributed by atoms with E-state index in [0.29, 0.717) is 19.8 Å². The lowest BCUT2D eigenvalue weighted by molar-refractivity contribution is -0.367. The molecule has 0 N–H and O–H groups in total. The number of unbranched alkanes of at least 4 members (excludes halogenated alkanes) is 3. The van der Waals surface area contributed by atoms with E-state index in [4.69, 9.17) is 34.0 Å². The third kappa shape index (κ3) is 8.01. The monoisotopic (exact) mass is 525 g/mol. The maximum absolute atomic E-state index is 12.2. The Labute approximate surface area is 222 Å². The molecule has 10 heteroatoms. The molecule has 0 unspecified atom stereocenters. The molecule has 0 aromatic heterocycles. The first-order valence-corrected chi connectivity index (χ1v) is 13.1. The van der Waals surface area contributed by atoms with Crippen LogP contribution in [0.2, 0.25) is 0 Å². The second-order valence-electron chi connectivity index (χ2n) is 9.29. The number of carbonyl (C=O) groups is 1. The summed E-state index contributed by atoms with van der Waals surface area (Å²) in [4.78, 5) is 15.0. The predicted octanol–water partition coefficient (Wildman–Crippen LogP) is 5.23. The number of carbonyl (C=O) groups excluding carboxylic acids is 1. The first kappa shape index (κ1) is 28.0. The average Bonchev–Trinajstić information content (AvgIpc) is 2.94. The Kier molecular flexibility index (Phi) is 10.9. The van der Waals surface area contributed by atoms with Gasteiger partial charge >= 0.3 is 5.97 Å². The number of esters is 1. The summed E-state index contributed by atoms with van der Waals surface area (Å²) in [6.07, 6.45) is -0.440. The van der Waals surface area contributed by atoms with E-state index >= 15 is 0 Å². The maximum Gasteiger partial charge on any atom is 0.303 e. The number of fused-ring (bicyclic) bond motifs is 1. The summed E-state index contributed by atoms with van der Waals surface area (Å²) >= 11 is 0. The molecule has 2 aliphatic heterocycles. The highest BCUT2D eigenvalue weighted by Crippen LogP contribution is 2.37. The molecule has 2 heterocycles. The van der Waals surface area contributed by atoms with Crippen LogP contribution in [-0.2, 0) is 39.8 Å². The van der Waals surface area contributed by atoms with Crippen LogP contribution in [0.1, 0.15) is 50.0 Å². The van der Waals surface area contributed by atoms with E-state index in [1.807, 2.05) is 60.7 Å². The number of rotatable bonds is 13. The minimum atomic E-state index is -0.770. The number of nitrogens with zero attached hydrogens (tertiary/aromatic N) is 3. The van der Waals surface area contributed by atoms with E-state index in [9.17, 15) is 4.79 Å². The standard InChI is InChI=1S/C28H35N3O7/c1-20(32)36-25-24-23(19-35-27(38-24)22-14-8-5-9-15-22)37-28(33-17-11-3-2-10-16-30-31-29)26(25)34-18-21-12-6-4-7-13-21/h4-9,12-15,23-28H,2-3,10-11,16-19H2,1H3/t23-,24-,25+,26+,27-,28+/m1/s1. The zero-order valence-corrected chi connectivity index (χ0v) is 21.6. The molecule has 4 rings (SSSR count). The Balaban J connectivity index is 1.46. The van der Waals surface area contributed by atoms with Crippen LogP contribution >= 0.6 is 0 Å². The van der Waals surface area contributed by atoms with Gasteiger partial charge in [0.25, 0.3) is 0 Å². The summed E-state index contributed by atoms with van der Waals surface area (Å²) in [5.41, 5.74) is 10.2. The number of azide groups is 1. The zero-order chi connectivity index (χ0) is 26.6. The Morgan fingerprint density at radius 1 is 0.974 bits per heavy atom. The highest BCUT2D eigenvalue weighted by Gasteiger charge is 2.52. The van der Waals surface area contributed by atoms with Crippen molar-refractivity contribution in [2.75, 3.05) is 19.8 Å². The Bertz CT molecular complexity index is 1040. The second-order valence-corrected chi connectivity index (χ2v) is 9.29. The smallest absolute Gasteiger partial charge is 0.303 e. The molecular formula is C28H35N3O7. The van der Waals surface area contributed by atoms with Gasteiger partial charge in [-0.2, -0.15) is 0 Å². The third-order valence-electron chi connectivity index (χ3n) is 6.44. The van der Waals surface area contributed by atoms with Gasteiger partial charge in [0.05, 0.1) is 13.2 Å². The van der Waals surface area contributed by atoms with E-state index < -0.39 is 43.0 Å². The quantitative estimate of drug-likeness (QED) is 0.115. The van der Waals surface area contributed by atoms with Crippen molar-refractivity contribution < 1.29 is 33.2 Å². The van der Waals surface area contributed by atoms with Crippen molar-refractivity contribution in [1.29, 1.82) is 0 Å². The van der Waals surface area contributed by atoms with Crippen molar-refractivity contribution in [3.8, 4) is 0 Å². The zero-order valence-electron chi connectivity index (χ0n) is 21.6. The van der Waals surface area contributed by atoms with Crippen molar-refractivity contribution in [2.45, 2.75) is 76.2 Å². The molecule has 0 aliphatic carbocycles. The summed E-state index contributed by atoms with van der Waals surface area (Å²) in [6, 6.07) is 19.4. The molecule has 0 radical (unpaired) electrons.